The van der Waals surface area contributed by atoms with E-state index in [2.05, 4.69) is 15.1 Å². The third-order valence-corrected chi connectivity index (χ3v) is 4.23. The average Bonchev–Trinajstić information content (AvgIpc) is 3.11. The predicted molar refractivity (Wildman–Crippen MR) is 93.3 cm³/mol. The molecule has 0 aliphatic rings. The number of carbonyl (C=O) groups is 2. The number of carbonyl (C=O) groups excluding carboxylic acids is 2. The fourth-order valence-electron chi connectivity index (χ4n) is 2.99. The van der Waals surface area contributed by atoms with Gasteiger partial charge in [0, 0.05) is 18.3 Å². The molecule has 1 N–H and O–H groups in total. The summed E-state index contributed by atoms with van der Waals surface area (Å²) in [5.41, 5.74) is 1.81. The molecule has 0 saturated heterocycles. The van der Waals surface area contributed by atoms with Crippen LogP contribution in [0.4, 0.5) is 0 Å². The number of fused-ring (bicyclic) bond motifs is 1. The van der Waals surface area contributed by atoms with Crippen LogP contribution in [0, 0.1) is 13.8 Å². The van der Waals surface area contributed by atoms with Crippen molar-refractivity contribution >= 4 is 22.8 Å². The topological polar surface area (TPSA) is 112 Å². The van der Waals surface area contributed by atoms with Crippen LogP contribution in [0.25, 0.3) is 11.0 Å². The van der Waals surface area contributed by atoms with E-state index in [0.717, 1.165) is 0 Å². The van der Waals surface area contributed by atoms with Gasteiger partial charge in [-0.15, -0.1) is 0 Å². The molecule has 0 spiro atoms. The summed E-state index contributed by atoms with van der Waals surface area (Å²) >= 11 is 0. The Labute approximate surface area is 148 Å². The summed E-state index contributed by atoms with van der Waals surface area (Å²) in [7, 11) is 1.69. The van der Waals surface area contributed by atoms with Gasteiger partial charge in [0.1, 0.15) is 17.4 Å². The summed E-state index contributed by atoms with van der Waals surface area (Å²) in [5.74, 6) is -0.804. The van der Waals surface area contributed by atoms with Gasteiger partial charge in [0.15, 0.2) is 11.4 Å². The predicted octanol–water partition coefficient (Wildman–Crippen LogP) is 1.13. The van der Waals surface area contributed by atoms with Gasteiger partial charge in [0.2, 0.25) is 0 Å². The van der Waals surface area contributed by atoms with E-state index in [0.29, 0.717) is 27.9 Å². The van der Waals surface area contributed by atoms with Crippen LogP contribution in [0.2, 0.25) is 0 Å². The lowest BCUT2D eigenvalue weighted by molar-refractivity contribution is 0.0519. The molecule has 0 saturated carbocycles. The minimum atomic E-state index is -0.511. The first-order valence-electron chi connectivity index (χ1n) is 8.11. The molecule has 0 amide bonds. The van der Waals surface area contributed by atoms with Gasteiger partial charge in [-0.3, -0.25) is 18.8 Å². The Kier molecular flexibility index (Phi) is 4.45. The van der Waals surface area contributed by atoms with E-state index in [4.69, 9.17) is 4.74 Å². The number of ketones is 1. The minimum absolute atomic E-state index is 0.182. The zero-order valence-electron chi connectivity index (χ0n) is 15.0. The maximum atomic E-state index is 12.8. The Hall–Kier alpha value is -3.23. The average molecular weight is 357 g/mol. The van der Waals surface area contributed by atoms with Crippen LogP contribution in [0.1, 0.15) is 39.0 Å². The van der Waals surface area contributed by atoms with Crippen LogP contribution >= 0.6 is 0 Å². The molecule has 0 fully saturated rings. The molecular weight excluding hydrogens is 338 g/mol. The van der Waals surface area contributed by atoms with Gasteiger partial charge in [-0.1, -0.05) is 0 Å². The smallest absolute Gasteiger partial charge is 0.355 e. The summed E-state index contributed by atoms with van der Waals surface area (Å²) in [6.45, 7) is 5.15. The number of nitrogens with one attached hydrogen (secondary N) is 1. The molecule has 3 aromatic rings. The number of H-pyrrole nitrogens is 1. The van der Waals surface area contributed by atoms with Crippen LogP contribution in [0.5, 0.6) is 0 Å². The highest BCUT2D eigenvalue weighted by Crippen LogP contribution is 2.20. The molecular formula is C17H19N5O4. The first kappa shape index (κ1) is 17.6. The Morgan fingerprint density at radius 1 is 1.31 bits per heavy atom. The number of nitrogens with zero attached hydrogens (tertiary/aromatic N) is 4. The Bertz CT molecular complexity index is 1070. The second kappa shape index (κ2) is 6.58. The maximum absolute atomic E-state index is 12.8. The highest BCUT2D eigenvalue weighted by atomic mass is 16.5. The largest absolute Gasteiger partial charge is 0.461 e. The van der Waals surface area contributed by atoms with Crippen molar-refractivity contribution in [3.8, 4) is 0 Å². The molecule has 0 bridgehead atoms. The van der Waals surface area contributed by atoms with E-state index in [1.54, 1.807) is 27.8 Å². The molecule has 0 atom stereocenters. The number of esters is 1. The number of hydrogen-bond acceptors (Lipinski definition) is 6. The number of ether oxygens (including phenoxy) is 1. The Balaban J connectivity index is 1.95. The molecule has 26 heavy (non-hydrogen) atoms. The number of aryl methyl sites for hydroxylation is 2. The van der Waals surface area contributed by atoms with Crippen LogP contribution in [0.15, 0.2) is 17.3 Å². The quantitative estimate of drug-likeness (QED) is 0.541. The van der Waals surface area contributed by atoms with E-state index < -0.39 is 5.97 Å². The van der Waals surface area contributed by atoms with Gasteiger partial charge >= 0.3 is 5.97 Å². The third kappa shape index (κ3) is 2.81. The van der Waals surface area contributed by atoms with E-state index in [-0.39, 0.29) is 30.2 Å². The second-order valence-electron chi connectivity index (χ2n) is 5.95. The number of rotatable bonds is 5. The van der Waals surface area contributed by atoms with E-state index >= 15 is 0 Å². The van der Waals surface area contributed by atoms with E-state index in [1.807, 2.05) is 0 Å². The first-order chi connectivity index (χ1) is 12.3. The second-order valence-corrected chi connectivity index (χ2v) is 5.95. The van der Waals surface area contributed by atoms with Crippen molar-refractivity contribution in [1.82, 2.24) is 24.3 Å². The molecule has 0 aliphatic carbocycles. The van der Waals surface area contributed by atoms with E-state index in [1.165, 1.54) is 21.8 Å². The number of Topliss-reactive ketones (excluding diaryl/α,β-unsaturated/α-hetero) is 1. The van der Waals surface area contributed by atoms with Crippen LogP contribution in [-0.2, 0) is 18.3 Å². The molecule has 9 heteroatoms. The molecule has 3 rings (SSSR count). The summed E-state index contributed by atoms with van der Waals surface area (Å²) in [5, 5.41) is 4.35. The van der Waals surface area contributed by atoms with Crippen molar-refractivity contribution in [2.45, 2.75) is 27.3 Å². The summed E-state index contributed by atoms with van der Waals surface area (Å²) in [4.78, 5) is 44.3. The highest BCUT2D eigenvalue weighted by Gasteiger charge is 2.23. The lowest BCUT2D eigenvalue weighted by atomic mass is 10.1. The fourth-order valence-corrected chi connectivity index (χ4v) is 2.99. The van der Waals surface area contributed by atoms with Gasteiger partial charge in [0.05, 0.1) is 19.3 Å². The van der Waals surface area contributed by atoms with E-state index in [9.17, 15) is 14.4 Å². The lowest BCUT2D eigenvalue weighted by Crippen LogP contribution is -2.25. The standard InChI is InChI=1S/C17H19N5O4/c1-5-26-17(25)14-9(2)13(10(3)20-14)12(23)7-22-8-18-15-11(16(22)24)6-19-21(15)4/h6,8,20H,5,7H2,1-4H3. The molecule has 0 unspecified atom stereocenters. The highest BCUT2D eigenvalue weighted by molar-refractivity contribution is 6.02. The van der Waals surface area contributed by atoms with Crippen LogP contribution in [-0.4, -0.2) is 42.7 Å². The molecule has 0 aromatic carbocycles. The maximum Gasteiger partial charge on any atom is 0.355 e. The van der Waals surface area contributed by atoms with Crippen molar-refractivity contribution < 1.29 is 14.3 Å². The molecule has 3 aromatic heterocycles. The van der Waals surface area contributed by atoms with Gasteiger partial charge in [-0.25, -0.2) is 9.78 Å². The molecule has 136 valence electrons. The lowest BCUT2D eigenvalue weighted by Gasteiger charge is -2.06. The molecule has 3 heterocycles. The Morgan fingerprint density at radius 2 is 2.04 bits per heavy atom. The molecule has 0 radical (unpaired) electrons. The van der Waals surface area contributed by atoms with Gasteiger partial charge in [-0.2, -0.15) is 5.10 Å². The Morgan fingerprint density at radius 3 is 2.73 bits per heavy atom. The summed E-state index contributed by atoms with van der Waals surface area (Å²) in [6.07, 6.45) is 2.76. The minimum Gasteiger partial charge on any atom is -0.461 e. The van der Waals surface area contributed by atoms with Crippen molar-refractivity contribution in [3.63, 3.8) is 0 Å². The van der Waals surface area contributed by atoms with Gasteiger partial charge in [-0.05, 0) is 26.3 Å². The first-order valence-corrected chi connectivity index (χ1v) is 8.11. The third-order valence-electron chi connectivity index (χ3n) is 4.23. The fraction of sp³-hybridized carbons (Fsp3) is 0.353. The molecule has 9 nitrogen and oxygen atoms in total. The zero-order valence-corrected chi connectivity index (χ0v) is 15.0. The number of aromatic amines is 1. The normalized spacial score (nSPS) is 11.1. The zero-order chi connectivity index (χ0) is 19.0. The number of hydrogen-bond donors (Lipinski definition) is 1. The summed E-state index contributed by atoms with van der Waals surface area (Å²) in [6, 6.07) is 0. The van der Waals surface area contributed by atoms with Crippen molar-refractivity contribution in [2.75, 3.05) is 6.61 Å². The SMILES string of the molecule is CCOC(=O)c1[nH]c(C)c(C(=O)Cn2cnc3c(cnn3C)c2=O)c1C. The van der Waals surface area contributed by atoms with Crippen molar-refractivity contribution in [2.24, 2.45) is 7.05 Å². The summed E-state index contributed by atoms with van der Waals surface area (Å²) < 4.78 is 7.72. The van der Waals surface area contributed by atoms with Gasteiger partial charge < -0.3 is 9.72 Å². The van der Waals surface area contributed by atoms with Crippen molar-refractivity contribution in [3.05, 3.63) is 45.4 Å². The monoisotopic (exact) mass is 357 g/mol. The van der Waals surface area contributed by atoms with Crippen LogP contribution < -0.4 is 5.56 Å². The van der Waals surface area contributed by atoms with Gasteiger partial charge in [0.25, 0.3) is 5.56 Å². The van der Waals surface area contributed by atoms with Crippen molar-refractivity contribution in [1.29, 1.82) is 0 Å². The van der Waals surface area contributed by atoms with Crippen LogP contribution in [0.3, 0.4) is 0 Å². The number of aromatic nitrogens is 5. The molecule has 0 aliphatic heterocycles.